The van der Waals surface area contributed by atoms with Crippen molar-refractivity contribution in [2.24, 2.45) is 5.73 Å². The van der Waals surface area contributed by atoms with Crippen LogP contribution in [0.25, 0.3) is 0 Å². The van der Waals surface area contributed by atoms with Gasteiger partial charge < -0.3 is 95.5 Å². The highest BCUT2D eigenvalue weighted by molar-refractivity contribution is 7.99. The first-order valence-corrected chi connectivity index (χ1v) is 32.3. The van der Waals surface area contributed by atoms with Gasteiger partial charge in [-0.15, -0.1) is 23.5 Å². The number of rotatable bonds is 27. The van der Waals surface area contributed by atoms with E-state index in [1.165, 1.54) is 43.3 Å². The van der Waals surface area contributed by atoms with E-state index >= 15 is 0 Å². The van der Waals surface area contributed by atoms with Crippen LogP contribution in [-0.2, 0) is 52.7 Å². The number of anilines is 2. The van der Waals surface area contributed by atoms with Gasteiger partial charge in [0.2, 0.25) is 53.2 Å². The molecule has 0 saturated heterocycles. The Balaban J connectivity index is 1.12. The summed E-state index contributed by atoms with van der Waals surface area (Å²) in [4.78, 5) is 216. The predicted molar refractivity (Wildman–Crippen MR) is 348 cm³/mol. The van der Waals surface area contributed by atoms with Gasteiger partial charge in [0.25, 0.3) is 23.2 Å². The van der Waals surface area contributed by atoms with Gasteiger partial charge in [-0.2, -0.15) is 0 Å². The van der Waals surface area contributed by atoms with Gasteiger partial charge in [0, 0.05) is 70.0 Å². The number of non-ortho nitro benzene ring substituents is 2. The Morgan fingerprint density at radius 2 is 1.03 bits per heavy atom. The highest BCUT2D eigenvalue weighted by Gasteiger charge is 2.34. The number of nitro benzene ring substituents is 2. The van der Waals surface area contributed by atoms with Gasteiger partial charge in [0.1, 0.15) is 49.3 Å². The van der Waals surface area contributed by atoms with Gasteiger partial charge >= 0.3 is 24.0 Å². The fourth-order valence-corrected chi connectivity index (χ4v) is 11.4. The molecule has 15 amide bonds. The van der Waals surface area contributed by atoms with Crippen LogP contribution >= 0.6 is 23.5 Å². The Bertz CT molecular complexity index is 3570. The zero-order chi connectivity index (χ0) is 72.9. The molecule has 3 aromatic carbocycles. The van der Waals surface area contributed by atoms with Crippen molar-refractivity contribution in [2.45, 2.75) is 117 Å². The van der Waals surface area contributed by atoms with Crippen LogP contribution in [-0.4, -0.2) is 207 Å². The molecule has 3 aromatic rings. The number of aliphatic hydroxyl groups excluding tert-OH is 1. The SMILES string of the molecule is CC(O)[C@@H]1NC(=O)c2cc([N+](=O)[O-])ccc2SCCC(C(=O)N[C@@H](CCCCNC(=O)Nc2ccc(NC(=O)NCCCC[C@H](NC(=O)[C@@H]3CCSc4ccc([N+](=O)[O-])cc4C(=O)NCC(=O)N[C@@H](CC(N)=O)C(=O)N3)C(=O)NCC(=O)O)cc2)C(=O)NCC(=O)O)NC(=O)CNC1=O. The van der Waals surface area contributed by atoms with Gasteiger partial charge in [-0.3, -0.25) is 82.6 Å². The minimum Gasteiger partial charge on any atom is -0.480 e. The molecular weight excluding hydrogens is 1350 g/mol. The highest BCUT2D eigenvalue weighted by Crippen LogP contribution is 2.30. The number of carboxylic acids is 2. The zero-order valence-corrected chi connectivity index (χ0v) is 54.4. The minimum atomic E-state index is -1.66. The summed E-state index contributed by atoms with van der Waals surface area (Å²) in [6.07, 6.45) is -2.19. The number of nitrogens with one attached hydrogen (secondary N) is 14. The summed E-state index contributed by atoms with van der Waals surface area (Å²) in [5.74, 6) is -13.4. The average Bonchev–Trinajstić information content (AvgIpc) is 0.831. The molecule has 0 aromatic heterocycles. The van der Waals surface area contributed by atoms with E-state index in [2.05, 4.69) is 74.4 Å². The van der Waals surface area contributed by atoms with E-state index in [1.54, 1.807) is 0 Å². The Hall–Kier alpha value is -11.2. The van der Waals surface area contributed by atoms with E-state index in [0.29, 0.717) is 0 Å². The Morgan fingerprint density at radius 3 is 1.47 bits per heavy atom. The van der Waals surface area contributed by atoms with E-state index in [1.807, 2.05) is 0 Å². The van der Waals surface area contributed by atoms with Crippen molar-refractivity contribution in [2.75, 3.05) is 61.4 Å². The number of carbonyl (C=O) groups excluding carboxylic acids is 13. The largest absolute Gasteiger partial charge is 0.480 e. The van der Waals surface area contributed by atoms with Crippen LogP contribution in [0.15, 0.2) is 70.5 Å². The standard InChI is InChI=1S/C58H73N17O22S2/c1-29(76)48-56(91)63-26-44(78)68-38(16-20-99-42-15-13-33(75(96)97)23-35(42)50(85)73-48)53(88)70-36(51(86)64-27-46(80)81)6-2-4-18-60-57(92)66-30-8-10-31(11-9-30)67-58(93)61-19-5-3-7-37(52(87)65-28-47(82)83)71-54(89)39-17-21-98-41-14-12-32(74(94)95)22-34(41)49(84)62-25-45(79)69-40(24-43(59)77)55(90)72-39/h8-15,22-23,29,36-40,48,76H,2-7,16-21,24-28H2,1H3,(H2,59,77)(H,62,84)(H,63,91)(H,64,86)(H,65,87)(H,68,78)(H,69,79)(H,70,88)(H,71,89)(H,72,90)(H,73,85)(H,80,81)(H,82,83)(H2,60,66,92)(H2,61,67,93)/t29?,36-,37-,38?,39-,40-,48-/m0/s1. The van der Waals surface area contributed by atoms with Crippen LogP contribution in [0.2, 0.25) is 0 Å². The van der Waals surface area contributed by atoms with Crippen LogP contribution in [0.4, 0.5) is 32.3 Å². The smallest absolute Gasteiger partial charge is 0.322 e. The van der Waals surface area contributed by atoms with E-state index in [4.69, 9.17) is 5.73 Å². The Kier molecular flexibility index (Phi) is 31.0. The maximum Gasteiger partial charge on any atom is 0.322 e. The van der Waals surface area contributed by atoms with Crippen molar-refractivity contribution in [1.29, 1.82) is 0 Å². The number of carbonyl (C=O) groups is 15. The van der Waals surface area contributed by atoms with Crippen LogP contribution in [0.1, 0.15) is 85.4 Å². The van der Waals surface area contributed by atoms with Gasteiger partial charge in [0.05, 0.1) is 46.6 Å². The average molecular weight is 1420 g/mol. The number of primary amides is 1. The number of hydrogen-bond acceptors (Lipinski definition) is 22. The molecule has 99 heavy (non-hydrogen) atoms. The summed E-state index contributed by atoms with van der Waals surface area (Å²) in [6, 6.07) is 2.29. The summed E-state index contributed by atoms with van der Waals surface area (Å²) in [7, 11) is 0. The number of carboxylic acid groups (broad SMARTS) is 2. The molecule has 0 aliphatic carbocycles. The van der Waals surface area contributed by atoms with Gasteiger partial charge in [0.15, 0.2) is 0 Å². The molecule has 2 aliphatic rings. The van der Waals surface area contributed by atoms with Crippen LogP contribution in [0, 0.1) is 20.2 Å². The van der Waals surface area contributed by atoms with E-state index in [9.17, 15) is 107 Å². The summed E-state index contributed by atoms with van der Waals surface area (Å²) in [6.45, 7) is -1.92. The highest BCUT2D eigenvalue weighted by atomic mass is 32.2. The molecule has 2 heterocycles. The van der Waals surface area contributed by atoms with Crippen molar-refractivity contribution in [3.63, 3.8) is 0 Å². The second kappa shape index (κ2) is 39.1. The third-order valence-electron chi connectivity index (χ3n) is 14.3. The van der Waals surface area contributed by atoms with E-state index < -0.39 is 185 Å². The van der Waals surface area contributed by atoms with Crippen molar-refractivity contribution in [1.82, 2.24) is 63.8 Å². The maximum atomic E-state index is 14.0. The molecule has 0 saturated carbocycles. The molecule has 2 aliphatic heterocycles. The van der Waals surface area contributed by atoms with Crippen molar-refractivity contribution >= 4 is 135 Å². The molecule has 7 atom stereocenters. The lowest BCUT2D eigenvalue weighted by Crippen LogP contribution is -2.58. The number of aliphatic hydroxyl groups is 1. The third-order valence-corrected chi connectivity index (χ3v) is 16.5. The van der Waals surface area contributed by atoms with Crippen molar-refractivity contribution in [3.05, 3.63) is 92.0 Å². The molecule has 39 nitrogen and oxygen atoms in total. The summed E-state index contributed by atoms with van der Waals surface area (Å²) in [5.41, 5.74) is 4.58. The maximum absolute atomic E-state index is 14.0. The number of urea groups is 2. The van der Waals surface area contributed by atoms with Crippen LogP contribution in [0.5, 0.6) is 0 Å². The molecule has 534 valence electrons. The topological polar surface area (TPSA) is 597 Å². The number of nitrogens with two attached hydrogens (primary N) is 1. The van der Waals surface area contributed by atoms with Gasteiger partial charge in [-0.05, 0) is 94.7 Å². The first-order valence-electron chi connectivity index (χ1n) is 30.3. The number of benzene rings is 3. The number of hydrogen-bond donors (Lipinski definition) is 18. The Labute approximate surface area is 570 Å². The molecule has 5 rings (SSSR count). The first-order chi connectivity index (χ1) is 47.0. The van der Waals surface area contributed by atoms with E-state index in [-0.39, 0.29) is 108 Å². The molecule has 0 spiro atoms. The number of fused-ring (bicyclic) bond motifs is 2. The number of aliphatic carboxylic acids is 2. The zero-order valence-electron chi connectivity index (χ0n) is 52.7. The summed E-state index contributed by atoms with van der Waals surface area (Å²) < 4.78 is 0. The molecule has 19 N–H and O–H groups in total. The van der Waals surface area contributed by atoms with Crippen molar-refractivity contribution in [3.8, 4) is 0 Å². The Morgan fingerprint density at radius 1 is 0.586 bits per heavy atom. The lowest BCUT2D eigenvalue weighted by Gasteiger charge is -2.25. The second-order valence-corrected chi connectivity index (χ2v) is 24.2. The summed E-state index contributed by atoms with van der Waals surface area (Å²) in [5, 5.41) is 85.8. The van der Waals surface area contributed by atoms with Gasteiger partial charge in [-0.25, -0.2) is 9.59 Å². The van der Waals surface area contributed by atoms with Gasteiger partial charge in [-0.1, -0.05) is 0 Å². The molecule has 0 fully saturated rings. The molecule has 0 bridgehead atoms. The number of nitro groups is 2. The first kappa shape index (κ1) is 78.5. The lowest BCUT2D eigenvalue weighted by molar-refractivity contribution is -0.385. The number of thioether (sulfide) groups is 2. The molecular formula is C58H73N17O22S2. The predicted octanol–water partition coefficient (Wildman–Crippen LogP) is -2.50. The molecule has 2 unspecified atom stereocenters. The third kappa shape index (κ3) is 26.7. The number of unbranched alkanes of at least 4 members (excludes halogenated alkanes) is 2. The van der Waals surface area contributed by atoms with Crippen LogP contribution < -0.4 is 80.2 Å². The minimum absolute atomic E-state index is 0.00463. The number of nitrogens with zero attached hydrogens (tertiary/aromatic N) is 2. The quantitative estimate of drug-likeness (QED) is 0.0213. The van der Waals surface area contributed by atoms with Crippen LogP contribution in [0.3, 0.4) is 0 Å². The normalized spacial score (nSPS) is 17.8. The molecule has 41 heteroatoms. The molecule has 0 radical (unpaired) electrons. The second-order valence-electron chi connectivity index (χ2n) is 21.9. The monoisotopic (exact) mass is 1420 g/mol. The number of amides is 15. The van der Waals surface area contributed by atoms with E-state index in [0.717, 1.165) is 47.8 Å². The fraction of sp³-hybridized carbons (Fsp3) is 0.431. The summed E-state index contributed by atoms with van der Waals surface area (Å²) >= 11 is 1.93. The fourth-order valence-electron chi connectivity index (χ4n) is 9.30. The lowest BCUT2D eigenvalue weighted by atomic mass is 10.1. The van der Waals surface area contributed by atoms with Crippen molar-refractivity contribution < 1.29 is 97.1 Å².